The van der Waals surface area contributed by atoms with Crippen LogP contribution in [0.3, 0.4) is 0 Å². The smallest absolute Gasteiger partial charge is 0.218 e. The normalized spacial score (nSPS) is 22.5. The fraction of sp³-hybridized carbons (Fsp3) is 0.303. The van der Waals surface area contributed by atoms with Crippen LogP contribution in [0, 0.1) is 23.0 Å². The van der Waals surface area contributed by atoms with Crippen molar-refractivity contribution in [3.8, 4) is 0 Å². The van der Waals surface area contributed by atoms with Crippen LogP contribution in [0.4, 0.5) is 14.5 Å². The number of rotatable bonds is 9. The molecule has 3 aromatic rings. The Hall–Kier alpha value is -3.33. The molecule has 0 radical (unpaired) electrons. The van der Waals surface area contributed by atoms with Gasteiger partial charge in [-0.15, -0.1) is 0 Å². The van der Waals surface area contributed by atoms with Crippen molar-refractivity contribution in [3.05, 3.63) is 124 Å². The SMILES string of the molecule is C[C@]12CC(=CN)C(=Nc3ccc(F)cc3)C=C1CCC2CN(CCc1ccccc1F)S(=O)(=O)Cc1ccccc1Cl. The Labute approximate surface area is 251 Å². The number of sulfonamides is 1. The standard InChI is InChI=1S/C33H34ClF2N3O2S/c1-33-19-25(20-37)32(38-29-14-12-28(35)13-15-29)18-26(33)10-11-27(33)21-39(17-16-23-6-3-5-9-31(23)36)42(40,41)22-24-7-2-4-8-30(24)34/h2-9,12-15,18,20,27H,10-11,16-17,19,21-22,37H2,1H3/t27?,33-/m0/s1. The quantitative estimate of drug-likeness (QED) is 0.275. The Balaban J connectivity index is 1.43. The van der Waals surface area contributed by atoms with Gasteiger partial charge < -0.3 is 5.73 Å². The average Bonchev–Trinajstić information content (AvgIpc) is 3.28. The third-order valence-electron chi connectivity index (χ3n) is 8.57. The lowest BCUT2D eigenvalue weighted by molar-refractivity contribution is 0.222. The van der Waals surface area contributed by atoms with Crippen LogP contribution >= 0.6 is 11.6 Å². The molecule has 1 unspecified atom stereocenters. The summed E-state index contributed by atoms with van der Waals surface area (Å²) < 4.78 is 57.2. The molecule has 2 atom stereocenters. The van der Waals surface area contributed by atoms with E-state index >= 15 is 0 Å². The number of allylic oxidation sites excluding steroid dienone is 3. The number of nitrogens with two attached hydrogens (primary N) is 1. The third kappa shape index (κ3) is 6.51. The number of fused-ring (bicyclic) bond motifs is 1. The molecule has 2 aliphatic rings. The van der Waals surface area contributed by atoms with Crippen molar-refractivity contribution in [2.24, 2.45) is 22.1 Å². The summed E-state index contributed by atoms with van der Waals surface area (Å²) in [4.78, 5) is 4.73. The number of aliphatic imine (C=N–C) groups is 1. The van der Waals surface area contributed by atoms with E-state index in [2.05, 4.69) is 6.92 Å². The minimum absolute atomic E-state index is 0.00714. The van der Waals surface area contributed by atoms with Crippen molar-refractivity contribution in [3.63, 3.8) is 0 Å². The molecule has 0 amide bonds. The predicted octanol–water partition coefficient (Wildman–Crippen LogP) is 7.35. The minimum atomic E-state index is -3.79. The molecule has 9 heteroatoms. The van der Waals surface area contributed by atoms with Gasteiger partial charge in [0, 0.05) is 18.1 Å². The van der Waals surface area contributed by atoms with Gasteiger partial charge in [0.1, 0.15) is 11.6 Å². The number of hydrogen-bond acceptors (Lipinski definition) is 4. The highest BCUT2D eigenvalue weighted by Crippen LogP contribution is 2.54. The van der Waals surface area contributed by atoms with Crippen LogP contribution in [0.1, 0.15) is 37.3 Å². The molecule has 3 aromatic carbocycles. The molecule has 2 aliphatic carbocycles. The van der Waals surface area contributed by atoms with Crippen molar-refractivity contribution in [2.75, 3.05) is 13.1 Å². The van der Waals surface area contributed by atoms with E-state index in [-0.39, 0.29) is 48.2 Å². The van der Waals surface area contributed by atoms with Gasteiger partial charge in [0.15, 0.2) is 0 Å². The van der Waals surface area contributed by atoms with Gasteiger partial charge in [-0.05, 0) is 102 Å². The largest absolute Gasteiger partial charge is 0.404 e. The molecule has 0 heterocycles. The first-order valence-corrected chi connectivity index (χ1v) is 16.0. The van der Waals surface area contributed by atoms with Crippen molar-refractivity contribution in [2.45, 2.75) is 38.4 Å². The molecule has 220 valence electrons. The van der Waals surface area contributed by atoms with Gasteiger partial charge >= 0.3 is 0 Å². The van der Waals surface area contributed by atoms with Gasteiger partial charge in [0.05, 0.1) is 17.2 Å². The molecular formula is C33H34ClF2N3O2S. The molecule has 2 N–H and O–H groups in total. The van der Waals surface area contributed by atoms with E-state index in [1.165, 1.54) is 28.1 Å². The maximum absolute atomic E-state index is 14.5. The Morgan fingerprint density at radius 3 is 2.43 bits per heavy atom. The van der Waals surface area contributed by atoms with Crippen LogP contribution in [0.5, 0.6) is 0 Å². The lowest BCUT2D eigenvalue weighted by Gasteiger charge is -2.39. The highest BCUT2D eigenvalue weighted by atomic mass is 35.5. The van der Waals surface area contributed by atoms with Gasteiger partial charge in [0.25, 0.3) is 0 Å². The summed E-state index contributed by atoms with van der Waals surface area (Å²) in [7, 11) is -3.79. The van der Waals surface area contributed by atoms with E-state index in [0.29, 0.717) is 28.3 Å². The van der Waals surface area contributed by atoms with E-state index in [9.17, 15) is 17.2 Å². The number of benzene rings is 3. The molecule has 1 fully saturated rings. The topological polar surface area (TPSA) is 75.8 Å². The molecule has 5 nitrogen and oxygen atoms in total. The number of halogens is 3. The maximum Gasteiger partial charge on any atom is 0.218 e. The summed E-state index contributed by atoms with van der Waals surface area (Å²) in [6.07, 6.45) is 6.05. The van der Waals surface area contributed by atoms with E-state index in [0.717, 1.165) is 24.1 Å². The van der Waals surface area contributed by atoms with Crippen LogP contribution in [-0.4, -0.2) is 31.5 Å². The second-order valence-electron chi connectivity index (χ2n) is 11.2. The Kier molecular flexibility index (Phi) is 8.97. The van der Waals surface area contributed by atoms with E-state index in [4.69, 9.17) is 22.3 Å². The van der Waals surface area contributed by atoms with Crippen molar-refractivity contribution < 1.29 is 17.2 Å². The highest BCUT2D eigenvalue weighted by molar-refractivity contribution is 7.88. The van der Waals surface area contributed by atoms with Crippen LogP contribution in [0.2, 0.25) is 5.02 Å². The van der Waals surface area contributed by atoms with Crippen LogP contribution in [-0.2, 0) is 22.2 Å². The fourth-order valence-corrected chi connectivity index (χ4v) is 7.96. The molecule has 0 spiro atoms. The van der Waals surface area contributed by atoms with E-state index in [1.54, 1.807) is 60.8 Å². The molecule has 0 aliphatic heterocycles. The zero-order valence-electron chi connectivity index (χ0n) is 23.4. The summed E-state index contributed by atoms with van der Waals surface area (Å²) in [5.74, 6) is -0.908. The van der Waals surface area contributed by atoms with Crippen molar-refractivity contribution in [1.29, 1.82) is 0 Å². The minimum Gasteiger partial charge on any atom is -0.404 e. The van der Waals surface area contributed by atoms with Gasteiger partial charge in [-0.2, -0.15) is 0 Å². The van der Waals surface area contributed by atoms with Crippen LogP contribution < -0.4 is 5.73 Å². The lowest BCUT2D eigenvalue weighted by atomic mass is 9.68. The van der Waals surface area contributed by atoms with Crippen molar-refractivity contribution in [1.82, 2.24) is 4.31 Å². The predicted molar refractivity (Wildman–Crippen MR) is 165 cm³/mol. The third-order valence-corrected chi connectivity index (χ3v) is 10.7. The molecule has 1 saturated carbocycles. The van der Waals surface area contributed by atoms with Gasteiger partial charge in [0.2, 0.25) is 10.0 Å². The van der Waals surface area contributed by atoms with Gasteiger partial charge in [-0.1, -0.05) is 60.5 Å². The number of hydrogen-bond donors (Lipinski definition) is 1. The average molecular weight is 610 g/mol. The first-order valence-electron chi connectivity index (χ1n) is 14.0. The molecule has 0 aromatic heterocycles. The monoisotopic (exact) mass is 609 g/mol. The first kappa shape index (κ1) is 30.1. The summed E-state index contributed by atoms with van der Waals surface area (Å²) >= 11 is 6.34. The Bertz CT molecular complexity index is 1650. The summed E-state index contributed by atoms with van der Waals surface area (Å²) in [5, 5.41) is 0.395. The molecule has 0 bridgehead atoms. The van der Waals surface area contributed by atoms with Crippen LogP contribution in [0.25, 0.3) is 0 Å². The Morgan fingerprint density at radius 2 is 1.74 bits per heavy atom. The number of nitrogens with zero attached hydrogens (tertiary/aromatic N) is 2. The molecule has 5 rings (SSSR count). The van der Waals surface area contributed by atoms with Gasteiger partial charge in [-0.25, -0.2) is 26.5 Å². The summed E-state index contributed by atoms with van der Waals surface area (Å²) in [6, 6.07) is 19.4. The highest BCUT2D eigenvalue weighted by Gasteiger charge is 2.47. The molecular weight excluding hydrogens is 576 g/mol. The maximum atomic E-state index is 14.5. The summed E-state index contributed by atoms with van der Waals surface area (Å²) in [5.41, 5.74) is 10.2. The van der Waals surface area contributed by atoms with Crippen LogP contribution in [0.15, 0.2) is 101 Å². The molecule has 42 heavy (non-hydrogen) atoms. The van der Waals surface area contributed by atoms with Gasteiger partial charge in [-0.3, -0.25) is 0 Å². The second-order valence-corrected chi connectivity index (χ2v) is 13.6. The molecule has 0 saturated heterocycles. The van der Waals surface area contributed by atoms with Crippen molar-refractivity contribution >= 4 is 33.0 Å². The lowest BCUT2D eigenvalue weighted by Crippen LogP contribution is -2.42. The first-order chi connectivity index (χ1) is 20.1. The van der Waals surface area contributed by atoms with E-state index < -0.39 is 10.0 Å². The zero-order valence-corrected chi connectivity index (χ0v) is 25.0. The zero-order chi connectivity index (χ0) is 29.9. The Morgan fingerprint density at radius 1 is 1.05 bits per heavy atom. The summed E-state index contributed by atoms with van der Waals surface area (Å²) in [6.45, 7) is 2.60. The van der Waals surface area contributed by atoms with E-state index in [1.807, 2.05) is 6.08 Å². The fourth-order valence-electron chi connectivity index (χ4n) is 6.07. The second kappa shape index (κ2) is 12.5.